The molecule has 0 aromatic rings. The van der Waals surface area contributed by atoms with Crippen LogP contribution in [0.25, 0.3) is 0 Å². The van der Waals surface area contributed by atoms with Gasteiger partial charge in [0.05, 0.1) is 0 Å². The normalized spacial score (nSPS) is 10.7. The number of ketones is 1. The van der Waals surface area contributed by atoms with Gasteiger partial charge in [-0.3, -0.25) is 9.59 Å². The molecule has 0 fully saturated rings. The lowest BCUT2D eigenvalue weighted by atomic mass is 10.0. The summed E-state index contributed by atoms with van der Waals surface area (Å²) in [7, 11) is 0. The van der Waals surface area contributed by atoms with Crippen molar-refractivity contribution in [2.45, 2.75) is 103 Å². The van der Waals surface area contributed by atoms with E-state index < -0.39 is 5.97 Å². The first-order valence-corrected chi connectivity index (χ1v) is 8.90. The van der Waals surface area contributed by atoms with Gasteiger partial charge in [-0.2, -0.15) is 0 Å². The number of aliphatic carboxylic acids is 1. The van der Waals surface area contributed by atoms with Crippen LogP contribution in [-0.2, 0) is 9.59 Å². The maximum absolute atomic E-state index is 11.5. The molecule has 0 aliphatic rings. The molecule has 0 aromatic heterocycles. The Morgan fingerprint density at radius 1 is 0.619 bits per heavy atom. The van der Waals surface area contributed by atoms with Crippen molar-refractivity contribution < 1.29 is 14.7 Å². The van der Waals surface area contributed by atoms with E-state index in [2.05, 4.69) is 6.92 Å². The van der Waals surface area contributed by atoms with Gasteiger partial charge in [0.25, 0.3) is 0 Å². The van der Waals surface area contributed by atoms with Gasteiger partial charge in [-0.25, -0.2) is 0 Å². The number of carboxylic acid groups (broad SMARTS) is 1. The smallest absolute Gasteiger partial charge is 0.303 e. The standard InChI is InChI=1S/C18H34O3/c1-2-3-4-5-6-7-8-9-10-11-12-14-17(19)15-13-16-18(20)21/h2-16H2,1H3,(H,20,21). The van der Waals surface area contributed by atoms with Crippen molar-refractivity contribution in [3.63, 3.8) is 0 Å². The highest BCUT2D eigenvalue weighted by Gasteiger charge is 2.04. The summed E-state index contributed by atoms with van der Waals surface area (Å²) < 4.78 is 0. The fourth-order valence-corrected chi connectivity index (χ4v) is 2.55. The highest BCUT2D eigenvalue weighted by Crippen LogP contribution is 2.12. The van der Waals surface area contributed by atoms with Gasteiger partial charge in [0.15, 0.2) is 0 Å². The molecule has 0 radical (unpaired) electrons. The Bertz CT molecular complexity index is 261. The first-order chi connectivity index (χ1) is 10.2. The van der Waals surface area contributed by atoms with Crippen LogP contribution in [0, 0.1) is 0 Å². The van der Waals surface area contributed by atoms with E-state index >= 15 is 0 Å². The lowest BCUT2D eigenvalue weighted by Gasteiger charge is -2.02. The van der Waals surface area contributed by atoms with Crippen molar-refractivity contribution >= 4 is 11.8 Å². The molecule has 0 bridgehead atoms. The molecule has 0 rings (SSSR count). The molecule has 3 heteroatoms. The Kier molecular flexibility index (Phi) is 14.9. The number of hydrogen-bond acceptors (Lipinski definition) is 2. The highest BCUT2D eigenvalue weighted by atomic mass is 16.4. The Labute approximate surface area is 130 Å². The average Bonchev–Trinajstić information content (AvgIpc) is 2.44. The summed E-state index contributed by atoms with van der Waals surface area (Å²) >= 11 is 0. The first kappa shape index (κ1) is 20.1. The molecule has 0 heterocycles. The first-order valence-electron chi connectivity index (χ1n) is 8.90. The van der Waals surface area contributed by atoms with Crippen molar-refractivity contribution in [3.05, 3.63) is 0 Å². The largest absolute Gasteiger partial charge is 0.481 e. The average molecular weight is 298 g/mol. The molecule has 0 aromatic carbocycles. The van der Waals surface area contributed by atoms with E-state index in [0.717, 1.165) is 12.8 Å². The molecular formula is C18H34O3. The number of carboxylic acids is 1. The second kappa shape index (κ2) is 15.5. The van der Waals surface area contributed by atoms with Gasteiger partial charge in [-0.05, 0) is 12.8 Å². The van der Waals surface area contributed by atoms with Crippen LogP contribution in [0.5, 0.6) is 0 Å². The third-order valence-electron chi connectivity index (χ3n) is 3.91. The van der Waals surface area contributed by atoms with Crippen molar-refractivity contribution in [2.24, 2.45) is 0 Å². The summed E-state index contributed by atoms with van der Waals surface area (Å²) in [5, 5.41) is 8.49. The van der Waals surface area contributed by atoms with Gasteiger partial charge in [-0.1, -0.05) is 71.1 Å². The van der Waals surface area contributed by atoms with Crippen LogP contribution in [0.2, 0.25) is 0 Å². The molecule has 0 atom stereocenters. The lowest BCUT2D eigenvalue weighted by Crippen LogP contribution is -2.00. The Balaban J connectivity index is 3.14. The van der Waals surface area contributed by atoms with Crippen LogP contribution in [0.3, 0.4) is 0 Å². The number of rotatable bonds is 16. The Morgan fingerprint density at radius 2 is 1.05 bits per heavy atom. The minimum absolute atomic E-state index is 0.115. The fraction of sp³-hybridized carbons (Fsp3) is 0.889. The second-order valence-corrected chi connectivity index (χ2v) is 6.07. The SMILES string of the molecule is CCCCCCCCCCCCCC(=O)CCCC(=O)O. The third kappa shape index (κ3) is 17.1. The van der Waals surface area contributed by atoms with Crippen LogP contribution < -0.4 is 0 Å². The van der Waals surface area contributed by atoms with Gasteiger partial charge in [0.1, 0.15) is 5.78 Å². The Hall–Kier alpha value is -0.860. The number of Topliss-reactive ketones (excluding diaryl/α,β-unsaturated/α-hetero) is 1. The van der Waals surface area contributed by atoms with Gasteiger partial charge in [0, 0.05) is 19.3 Å². The number of carbonyl (C=O) groups is 2. The van der Waals surface area contributed by atoms with Crippen LogP contribution >= 0.6 is 0 Å². The summed E-state index contributed by atoms with van der Waals surface area (Å²) in [5.74, 6) is -0.579. The van der Waals surface area contributed by atoms with Crippen molar-refractivity contribution in [1.82, 2.24) is 0 Å². The van der Waals surface area contributed by atoms with Gasteiger partial charge < -0.3 is 5.11 Å². The topological polar surface area (TPSA) is 54.4 Å². The van der Waals surface area contributed by atoms with E-state index in [4.69, 9.17) is 5.11 Å². The van der Waals surface area contributed by atoms with Crippen LogP contribution in [0.15, 0.2) is 0 Å². The minimum atomic E-state index is -0.808. The minimum Gasteiger partial charge on any atom is -0.481 e. The zero-order valence-corrected chi connectivity index (χ0v) is 13.9. The van der Waals surface area contributed by atoms with E-state index in [1.54, 1.807) is 0 Å². The molecule has 0 spiro atoms. The highest BCUT2D eigenvalue weighted by molar-refractivity contribution is 5.78. The number of unbranched alkanes of at least 4 members (excludes halogenated alkanes) is 10. The van der Waals surface area contributed by atoms with E-state index in [-0.39, 0.29) is 12.2 Å². The molecule has 124 valence electrons. The van der Waals surface area contributed by atoms with Gasteiger partial charge >= 0.3 is 5.97 Å². The predicted molar refractivity (Wildman–Crippen MR) is 87.6 cm³/mol. The third-order valence-corrected chi connectivity index (χ3v) is 3.91. The predicted octanol–water partition coefficient (Wildman–Crippen LogP) is 5.51. The van der Waals surface area contributed by atoms with E-state index in [9.17, 15) is 9.59 Å². The molecule has 0 aliphatic carbocycles. The van der Waals surface area contributed by atoms with Crippen molar-refractivity contribution in [3.8, 4) is 0 Å². The number of hydrogen-bond donors (Lipinski definition) is 1. The van der Waals surface area contributed by atoms with Crippen LogP contribution in [0.4, 0.5) is 0 Å². The molecular weight excluding hydrogens is 264 g/mol. The van der Waals surface area contributed by atoms with Crippen molar-refractivity contribution in [2.75, 3.05) is 0 Å². The summed E-state index contributed by atoms with van der Waals surface area (Å²) in [6.45, 7) is 2.25. The van der Waals surface area contributed by atoms with E-state index in [0.29, 0.717) is 19.3 Å². The maximum atomic E-state index is 11.5. The summed E-state index contributed by atoms with van der Waals surface area (Å²) in [6, 6.07) is 0. The molecule has 0 unspecified atom stereocenters. The fourth-order valence-electron chi connectivity index (χ4n) is 2.55. The van der Waals surface area contributed by atoms with E-state index in [1.807, 2.05) is 0 Å². The molecule has 0 amide bonds. The molecule has 0 aliphatic heterocycles. The quantitative estimate of drug-likeness (QED) is 0.382. The molecule has 21 heavy (non-hydrogen) atoms. The zero-order valence-electron chi connectivity index (χ0n) is 13.9. The second-order valence-electron chi connectivity index (χ2n) is 6.07. The molecule has 0 saturated carbocycles. The van der Waals surface area contributed by atoms with Gasteiger partial charge in [0.2, 0.25) is 0 Å². The summed E-state index contributed by atoms with van der Waals surface area (Å²) in [5.41, 5.74) is 0. The summed E-state index contributed by atoms with van der Waals surface area (Å²) in [6.07, 6.45) is 15.9. The molecule has 0 saturated heterocycles. The molecule has 3 nitrogen and oxygen atoms in total. The van der Waals surface area contributed by atoms with Crippen LogP contribution in [-0.4, -0.2) is 16.9 Å². The van der Waals surface area contributed by atoms with Crippen LogP contribution in [0.1, 0.15) is 103 Å². The summed E-state index contributed by atoms with van der Waals surface area (Å²) in [4.78, 5) is 21.8. The van der Waals surface area contributed by atoms with E-state index in [1.165, 1.54) is 57.8 Å². The van der Waals surface area contributed by atoms with Gasteiger partial charge in [-0.15, -0.1) is 0 Å². The Morgan fingerprint density at radius 3 is 1.52 bits per heavy atom. The maximum Gasteiger partial charge on any atom is 0.303 e. The zero-order chi connectivity index (χ0) is 15.8. The monoisotopic (exact) mass is 298 g/mol. The lowest BCUT2D eigenvalue weighted by molar-refractivity contribution is -0.137. The number of carbonyl (C=O) groups excluding carboxylic acids is 1. The molecule has 1 N–H and O–H groups in total. The van der Waals surface area contributed by atoms with Crippen molar-refractivity contribution in [1.29, 1.82) is 0 Å².